The third-order valence-electron chi connectivity index (χ3n) is 4.04. The Bertz CT molecular complexity index is 488. The van der Waals surface area contributed by atoms with Crippen molar-refractivity contribution in [2.45, 2.75) is 39.2 Å². The van der Waals surface area contributed by atoms with Crippen molar-refractivity contribution >= 4 is 5.91 Å². The SMILES string of the molecule is CNCC1CCCN1C(=O)CCOc1ccc(C)cc1C. The molecule has 1 aliphatic heterocycles. The van der Waals surface area contributed by atoms with Crippen LogP contribution in [0, 0.1) is 13.8 Å². The highest BCUT2D eigenvalue weighted by molar-refractivity contribution is 5.77. The number of hydrogen-bond donors (Lipinski definition) is 1. The maximum Gasteiger partial charge on any atom is 0.226 e. The maximum atomic E-state index is 12.3. The molecule has 1 N–H and O–H groups in total. The molecule has 1 atom stereocenters. The first-order chi connectivity index (χ1) is 10.1. The summed E-state index contributed by atoms with van der Waals surface area (Å²) in [6, 6.07) is 6.46. The summed E-state index contributed by atoms with van der Waals surface area (Å²) >= 11 is 0. The molecule has 1 aliphatic rings. The minimum Gasteiger partial charge on any atom is -0.493 e. The van der Waals surface area contributed by atoms with Crippen LogP contribution in [0.1, 0.15) is 30.4 Å². The molecule has 0 bridgehead atoms. The van der Waals surface area contributed by atoms with Gasteiger partial charge in [0.15, 0.2) is 0 Å². The van der Waals surface area contributed by atoms with E-state index in [-0.39, 0.29) is 5.91 Å². The molecule has 21 heavy (non-hydrogen) atoms. The summed E-state index contributed by atoms with van der Waals surface area (Å²) in [7, 11) is 1.93. The van der Waals surface area contributed by atoms with E-state index in [4.69, 9.17) is 4.74 Å². The molecule has 1 aromatic carbocycles. The van der Waals surface area contributed by atoms with Gasteiger partial charge in [0, 0.05) is 19.1 Å². The Kier molecular flexibility index (Phi) is 5.62. The number of benzene rings is 1. The molecule has 0 radical (unpaired) electrons. The number of carbonyl (C=O) groups excluding carboxylic acids is 1. The second-order valence-electron chi connectivity index (χ2n) is 5.81. The Hall–Kier alpha value is -1.55. The fourth-order valence-electron chi connectivity index (χ4n) is 2.97. The van der Waals surface area contributed by atoms with Crippen LogP contribution < -0.4 is 10.1 Å². The van der Waals surface area contributed by atoms with E-state index in [0.717, 1.165) is 37.2 Å². The van der Waals surface area contributed by atoms with Crippen molar-refractivity contribution in [2.75, 3.05) is 26.7 Å². The van der Waals surface area contributed by atoms with Gasteiger partial charge in [0.2, 0.25) is 5.91 Å². The van der Waals surface area contributed by atoms with Crippen molar-refractivity contribution in [2.24, 2.45) is 0 Å². The number of nitrogens with zero attached hydrogens (tertiary/aromatic N) is 1. The number of amides is 1. The number of ether oxygens (including phenoxy) is 1. The molecule has 1 aromatic rings. The van der Waals surface area contributed by atoms with Crippen LogP contribution in [0.15, 0.2) is 18.2 Å². The number of nitrogens with one attached hydrogen (secondary N) is 1. The van der Waals surface area contributed by atoms with Crippen molar-refractivity contribution in [3.05, 3.63) is 29.3 Å². The Morgan fingerprint density at radius 3 is 2.95 bits per heavy atom. The van der Waals surface area contributed by atoms with Crippen LogP contribution in [-0.4, -0.2) is 43.6 Å². The highest BCUT2D eigenvalue weighted by Crippen LogP contribution is 2.20. The molecule has 116 valence electrons. The predicted molar refractivity (Wildman–Crippen MR) is 84.7 cm³/mol. The molecule has 1 unspecified atom stereocenters. The van der Waals surface area contributed by atoms with Crippen LogP contribution in [-0.2, 0) is 4.79 Å². The van der Waals surface area contributed by atoms with Gasteiger partial charge in [-0.15, -0.1) is 0 Å². The third kappa shape index (κ3) is 4.21. The lowest BCUT2D eigenvalue weighted by Gasteiger charge is -2.24. The monoisotopic (exact) mass is 290 g/mol. The van der Waals surface area contributed by atoms with Crippen molar-refractivity contribution in [1.29, 1.82) is 0 Å². The van der Waals surface area contributed by atoms with E-state index in [2.05, 4.69) is 18.3 Å². The van der Waals surface area contributed by atoms with Crippen LogP contribution in [0.5, 0.6) is 5.75 Å². The highest BCUT2D eigenvalue weighted by Gasteiger charge is 2.27. The summed E-state index contributed by atoms with van der Waals surface area (Å²) in [6.07, 6.45) is 2.66. The number of likely N-dealkylation sites (N-methyl/N-ethyl adjacent to an activating group) is 1. The zero-order valence-electron chi connectivity index (χ0n) is 13.3. The van der Waals surface area contributed by atoms with E-state index in [9.17, 15) is 4.79 Å². The van der Waals surface area contributed by atoms with Crippen LogP contribution in [0.4, 0.5) is 0 Å². The molecule has 1 saturated heterocycles. The molecule has 1 fully saturated rings. The van der Waals surface area contributed by atoms with E-state index in [1.54, 1.807) is 0 Å². The summed E-state index contributed by atoms with van der Waals surface area (Å²) in [4.78, 5) is 14.3. The van der Waals surface area contributed by atoms with E-state index in [1.165, 1.54) is 5.56 Å². The molecule has 0 aromatic heterocycles. The van der Waals surface area contributed by atoms with Gasteiger partial charge < -0.3 is 15.0 Å². The maximum absolute atomic E-state index is 12.3. The van der Waals surface area contributed by atoms with E-state index < -0.39 is 0 Å². The second kappa shape index (κ2) is 7.46. The van der Waals surface area contributed by atoms with Gasteiger partial charge in [-0.05, 0) is 45.4 Å². The normalized spacial score (nSPS) is 18.0. The van der Waals surface area contributed by atoms with E-state index in [1.807, 2.05) is 31.0 Å². The number of hydrogen-bond acceptors (Lipinski definition) is 3. The van der Waals surface area contributed by atoms with Gasteiger partial charge in [-0.1, -0.05) is 17.7 Å². The first-order valence-corrected chi connectivity index (χ1v) is 7.76. The summed E-state index contributed by atoms with van der Waals surface area (Å²) in [5, 5.41) is 3.16. The van der Waals surface area contributed by atoms with Crippen LogP contribution in [0.2, 0.25) is 0 Å². The number of rotatable bonds is 6. The topological polar surface area (TPSA) is 41.6 Å². The number of likely N-dealkylation sites (tertiary alicyclic amines) is 1. The molecular formula is C17H26N2O2. The van der Waals surface area contributed by atoms with Gasteiger partial charge in [-0.3, -0.25) is 4.79 Å². The van der Waals surface area contributed by atoms with Gasteiger partial charge >= 0.3 is 0 Å². The molecule has 4 nitrogen and oxygen atoms in total. The van der Waals surface area contributed by atoms with Gasteiger partial charge in [0.25, 0.3) is 0 Å². The molecule has 1 heterocycles. The van der Waals surface area contributed by atoms with Crippen LogP contribution >= 0.6 is 0 Å². The average molecular weight is 290 g/mol. The zero-order chi connectivity index (χ0) is 15.2. The molecule has 0 saturated carbocycles. The third-order valence-corrected chi connectivity index (χ3v) is 4.04. The van der Waals surface area contributed by atoms with Gasteiger partial charge in [0.1, 0.15) is 5.75 Å². The number of aryl methyl sites for hydroxylation is 2. The summed E-state index contributed by atoms with van der Waals surface area (Å²) in [5.74, 6) is 1.08. The Morgan fingerprint density at radius 2 is 2.24 bits per heavy atom. The average Bonchev–Trinajstić information content (AvgIpc) is 2.90. The Morgan fingerprint density at radius 1 is 1.43 bits per heavy atom. The van der Waals surface area contributed by atoms with E-state index >= 15 is 0 Å². The molecular weight excluding hydrogens is 264 g/mol. The van der Waals surface area contributed by atoms with Gasteiger partial charge in [-0.25, -0.2) is 0 Å². The van der Waals surface area contributed by atoms with Crippen molar-refractivity contribution in [1.82, 2.24) is 10.2 Å². The lowest BCUT2D eigenvalue weighted by atomic mass is 10.1. The second-order valence-corrected chi connectivity index (χ2v) is 5.81. The smallest absolute Gasteiger partial charge is 0.226 e. The first-order valence-electron chi connectivity index (χ1n) is 7.76. The summed E-state index contributed by atoms with van der Waals surface area (Å²) in [5.41, 5.74) is 2.35. The molecule has 0 aliphatic carbocycles. The van der Waals surface area contributed by atoms with Crippen LogP contribution in [0.25, 0.3) is 0 Å². The fourth-order valence-corrected chi connectivity index (χ4v) is 2.97. The standard InChI is InChI=1S/C17H26N2O2/c1-13-6-7-16(14(2)11-13)21-10-8-17(20)19-9-4-5-15(19)12-18-3/h6-7,11,15,18H,4-5,8-10,12H2,1-3H3. The van der Waals surface area contributed by atoms with Gasteiger partial charge in [-0.2, -0.15) is 0 Å². The highest BCUT2D eigenvalue weighted by atomic mass is 16.5. The molecule has 0 spiro atoms. The first kappa shape index (κ1) is 15.8. The summed E-state index contributed by atoms with van der Waals surface area (Å²) in [6.45, 7) is 6.31. The molecule has 4 heteroatoms. The van der Waals surface area contributed by atoms with E-state index in [0.29, 0.717) is 19.1 Å². The van der Waals surface area contributed by atoms with Crippen molar-refractivity contribution < 1.29 is 9.53 Å². The number of carbonyl (C=O) groups is 1. The summed E-state index contributed by atoms with van der Waals surface area (Å²) < 4.78 is 5.75. The van der Waals surface area contributed by atoms with Crippen molar-refractivity contribution in [3.8, 4) is 5.75 Å². The molecule has 1 amide bonds. The van der Waals surface area contributed by atoms with Crippen LogP contribution in [0.3, 0.4) is 0 Å². The Balaban J connectivity index is 1.81. The van der Waals surface area contributed by atoms with Crippen molar-refractivity contribution in [3.63, 3.8) is 0 Å². The molecule has 2 rings (SSSR count). The predicted octanol–water partition coefficient (Wildman–Crippen LogP) is 2.28. The lowest BCUT2D eigenvalue weighted by molar-refractivity contribution is -0.132. The largest absolute Gasteiger partial charge is 0.493 e. The fraction of sp³-hybridized carbons (Fsp3) is 0.588. The van der Waals surface area contributed by atoms with Gasteiger partial charge in [0.05, 0.1) is 13.0 Å². The zero-order valence-corrected chi connectivity index (χ0v) is 13.3. The minimum atomic E-state index is 0.206. The Labute approximate surface area is 127 Å². The quantitative estimate of drug-likeness (QED) is 0.874. The minimum absolute atomic E-state index is 0.206. The lowest BCUT2D eigenvalue weighted by Crippen LogP contribution is -2.41.